The molecule has 3 rings (SSSR count). The Bertz CT molecular complexity index is 573. The molecule has 0 spiro atoms. The molecule has 4 heteroatoms. The van der Waals surface area contributed by atoms with Gasteiger partial charge in [0, 0.05) is 13.1 Å². The fourth-order valence-electron chi connectivity index (χ4n) is 2.69. The van der Waals surface area contributed by atoms with Crippen molar-refractivity contribution in [2.45, 2.75) is 38.8 Å². The summed E-state index contributed by atoms with van der Waals surface area (Å²) in [5, 5.41) is 11.5. The van der Waals surface area contributed by atoms with Crippen LogP contribution in [0.2, 0.25) is 0 Å². The molecule has 100 valence electrons. The van der Waals surface area contributed by atoms with E-state index in [0.717, 1.165) is 12.4 Å². The van der Waals surface area contributed by atoms with Crippen LogP contribution in [0.15, 0.2) is 24.5 Å². The Morgan fingerprint density at radius 2 is 2.16 bits per heavy atom. The second-order valence-electron chi connectivity index (χ2n) is 5.34. The Hall–Kier alpha value is -1.68. The number of hydrogen-bond donors (Lipinski definition) is 1. The van der Waals surface area contributed by atoms with Crippen molar-refractivity contribution in [3.05, 3.63) is 47.0 Å². The Labute approximate surface area is 113 Å². The SMILES string of the molecule is CC(NCc1nncn1C)c1ccc2c(c1)CCC2. The zero-order valence-electron chi connectivity index (χ0n) is 11.6. The average Bonchev–Trinajstić information content (AvgIpc) is 3.03. The molecular weight excluding hydrogens is 236 g/mol. The van der Waals surface area contributed by atoms with E-state index >= 15 is 0 Å². The molecule has 2 aromatic rings. The Morgan fingerprint density at radius 3 is 2.95 bits per heavy atom. The predicted molar refractivity (Wildman–Crippen MR) is 74.7 cm³/mol. The molecule has 0 saturated heterocycles. The van der Waals surface area contributed by atoms with E-state index in [1.807, 2.05) is 11.6 Å². The number of rotatable bonds is 4. The van der Waals surface area contributed by atoms with E-state index in [4.69, 9.17) is 0 Å². The van der Waals surface area contributed by atoms with Crippen LogP contribution in [-0.4, -0.2) is 14.8 Å². The van der Waals surface area contributed by atoms with Crippen molar-refractivity contribution in [1.29, 1.82) is 0 Å². The number of nitrogens with one attached hydrogen (secondary N) is 1. The van der Waals surface area contributed by atoms with Crippen molar-refractivity contribution in [1.82, 2.24) is 20.1 Å². The second-order valence-corrected chi connectivity index (χ2v) is 5.34. The summed E-state index contributed by atoms with van der Waals surface area (Å²) >= 11 is 0. The molecule has 0 fully saturated rings. The molecule has 0 amide bonds. The van der Waals surface area contributed by atoms with Gasteiger partial charge in [0.1, 0.15) is 12.2 Å². The molecule has 19 heavy (non-hydrogen) atoms. The Morgan fingerprint density at radius 1 is 1.32 bits per heavy atom. The van der Waals surface area contributed by atoms with Crippen LogP contribution in [0.1, 0.15) is 41.9 Å². The molecule has 1 aromatic heterocycles. The summed E-state index contributed by atoms with van der Waals surface area (Å²) < 4.78 is 1.95. The maximum Gasteiger partial charge on any atom is 0.146 e. The third-order valence-corrected chi connectivity index (χ3v) is 3.99. The summed E-state index contributed by atoms with van der Waals surface area (Å²) in [4.78, 5) is 0. The molecular formula is C15H20N4. The quantitative estimate of drug-likeness (QED) is 0.911. The summed E-state index contributed by atoms with van der Waals surface area (Å²) in [6, 6.07) is 7.23. The number of benzene rings is 1. The topological polar surface area (TPSA) is 42.7 Å². The van der Waals surface area contributed by atoms with Gasteiger partial charge in [0.05, 0.1) is 6.54 Å². The smallest absolute Gasteiger partial charge is 0.146 e. The van der Waals surface area contributed by atoms with E-state index in [9.17, 15) is 0 Å². The molecule has 1 heterocycles. The minimum atomic E-state index is 0.336. The number of fused-ring (bicyclic) bond motifs is 1. The number of hydrogen-bond acceptors (Lipinski definition) is 3. The third kappa shape index (κ3) is 2.54. The van der Waals surface area contributed by atoms with Gasteiger partial charge in [-0.15, -0.1) is 10.2 Å². The van der Waals surface area contributed by atoms with Crippen LogP contribution in [0.25, 0.3) is 0 Å². The van der Waals surface area contributed by atoms with Gasteiger partial charge in [0.15, 0.2) is 0 Å². The maximum absolute atomic E-state index is 4.09. The average molecular weight is 256 g/mol. The van der Waals surface area contributed by atoms with Crippen molar-refractivity contribution in [2.24, 2.45) is 7.05 Å². The lowest BCUT2D eigenvalue weighted by Gasteiger charge is -2.15. The van der Waals surface area contributed by atoms with Gasteiger partial charge in [-0.1, -0.05) is 18.2 Å². The normalized spacial score (nSPS) is 15.5. The highest BCUT2D eigenvalue weighted by Gasteiger charge is 2.13. The summed E-state index contributed by atoms with van der Waals surface area (Å²) in [5.41, 5.74) is 4.43. The fraction of sp³-hybridized carbons (Fsp3) is 0.467. The highest BCUT2D eigenvalue weighted by molar-refractivity contribution is 5.36. The fourth-order valence-corrected chi connectivity index (χ4v) is 2.69. The summed E-state index contributed by atoms with van der Waals surface area (Å²) in [5.74, 6) is 0.966. The molecule has 1 aliphatic rings. The Kier molecular flexibility index (Phi) is 3.34. The zero-order chi connectivity index (χ0) is 13.2. The van der Waals surface area contributed by atoms with Crippen LogP contribution in [0, 0.1) is 0 Å². The molecule has 1 aromatic carbocycles. The lowest BCUT2D eigenvalue weighted by atomic mass is 10.0. The molecule has 1 N–H and O–H groups in total. The highest BCUT2D eigenvalue weighted by atomic mass is 15.3. The van der Waals surface area contributed by atoms with E-state index in [-0.39, 0.29) is 0 Å². The van der Waals surface area contributed by atoms with E-state index in [1.54, 1.807) is 6.33 Å². The summed E-state index contributed by atoms with van der Waals surface area (Å²) in [6.45, 7) is 2.95. The summed E-state index contributed by atoms with van der Waals surface area (Å²) in [7, 11) is 1.97. The van der Waals surface area contributed by atoms with Crippen LogP contribution >= 0.6 is 0 Å². The van der Waals surface area contributed by atoms with Crippen LogP contribution < -0.4 is 5.32 Å². The van der Waals surface area contributed by atoms with Gasteiger partial charge in [-0.25, -0.2) is 0 Å². The minimum Gasteiger partial charge on any atom is -0.320 e. The third-order valence-electron chi connectivity index (χ3n) is 3.99. The van der Waals surface area contributed by atoms with Crippen LogP contribution in [0.4, 0.5) is 0 Å². The van der Waals surface area contributed by atoms with Crippen molar-refractivity contribution in [3.8, 4) is 0 Å². The van der Waals surface area contributed by atoms with Crippen molar-refractivity contribution < 1.29 is 0 Å². The molecule has 0 bridgehead atoms. The Balaban J connectivity index is 1.67. The first-order chi connectivity index (χ1) is 9.24. The molecule has 4 nitrogen and oxygen atoms in total. The van der Waals surface area contributed by atoms with E-state index < -0.39 is 0 Å². The van der Waals surface area contributed by atoms with E-state index in [1.165, 1.54) is 36.0 Å². The molecule has 0 saturated carbocycles. The zero-order valence-corrected chi connectivity index (χ0v) is 11.6. The van der Waals surface area contributed by atoms with Gasteiger partial charge in [-0.3, -0.25) is 0 Å². The molecule has 0 aliphatic heterocycles. The van der Waals surface area contributed by atoms with Crippen molar-refractivity contribution >= 4 is 0 Å². The first-order valence-electron chi connectivity index (χ1n) is 6.92. The second kappa shape index (κ2) is 5.13. The van der Waals surface area contributed by atoms with Crippen LogP contribution in [-0.2, 0) is 26.4 Å². The molecule has 1 atom stereocenters. The monoisotopic (exact) mass is 256 g/mol. The molecule has 1 aliphatic carbocycles. The first-order valence-corrected chi connectivity index (χ1v) is 6.92. The van der Waals surface area contributed by atoms with Gasteiger partial charge in [0.2, 0.25) is 0 Å². The number of aryl methyl sites for hydroxylation is 3. The van der Waals surface area contributed by atoms with Crippen LogP contribution in [0.3, 0.4) is 0 Å². The highest BCUT2D eigenvalue weighted by Crippen LogP contribution is 2.25. The van der Waals surface area contributed by atoms with Gasteiger partial charge >= 0.3 is 0 Å². The van der Waals surface area contributed by atoms with Crippen molar-refractivity contribution in [3.63, 3.8) is 0 Å². The number of aromatic nitrogens is 3. The van der Waals surface area contributed by atoms with Gasteiger partial charge in [-0.05, 0) is 42.9 Å². The lowest BCUT2D eigenvalue weighted by molar-refractivity contribution is 0.548. The molecule has 1 unspecified atom stereocenters. The van der Waals surface area contributed by atoms with Gasteiger partial charge < -0.3 is 9.88 Å². The van der Waals surface area contributed by atoms with Gasteiger partial charge in [0.25, 0.3) is 0 Å². The predicted octanol–water partition coefficient (Wildman–Crippen LogP) is 2.15. The van der Waals surface area contributed by atoms with Crippen molar-refractivity contribution in [2.75, 3.05) is 0 Å². The van der Waals surface area contributed by atoms with Crippen LogP contribution in [0.5, 0.6) is 0 Å². The largest absolute Gasteiger partial charge is 0.320 e. The van der Waals surface area contributed by atoms with Gasteiger partial charge in [-0.2, -0.15) is 0 Å². The number of nitrogens with zero attached hydrogens (tertiary/aromatic N) is 3. The molecule has 0 radical (unpaired) electrons. The minimum absolute atomic E-state index is 0.336. The summed E-state index contributed by atoms with van der Waals surface area (Å²) in [6.07, 6.45) is 5.52. The standard InChI is InChI=1S/C15H20N4/c1-11(16-9-15-18-17-10-19(15)2)13-7-6-12-4-3-5-14(12)8-13/h6-8,10-11,16H,3-5,9H2,1-2H3. The first kappa shape index (κ1) is 12.4. The maximum atomic E-state index is 4.09. The van der Waals surface area contributed by atoms with E-state index in [0.29, 0.717) is 6.04 Å². The van der Waals surface area contributed by atoms with E-state index in [2.05, 4.69) is 40.6 Å². The lowest BCUT2D eigenvalue weighted by Crippen LogP contribution is -2.20.